The molecular weight excluding hydrogens is 572 g/mol. The van der Waals surface area contributed by atoms with Crippen LogP contribution in [-0.4, -0.2) is 57.1 Å². The Morgan fingerprint density at radius 2 is 1.80 bits per heavy atom. The van der Waals surface area contributed by atoms with Crippen molar-refractivity contribution in [1.29, 1.82) is 0 Å². The molecule has 226 valence electrons. The third-order valence-corrected chi connectivity index (χ3v) is 7.06. The van der Waals surface area contributed by atoms with Crippen molar-refractivity contribution in [3.63, 3.8) is 0 Å². The average molecular weight is 602 g/mol. The smallest absolute Gasteiger partial charge is 0.333 e. The summed E-state index contributed by atoms with van der Waals surface area (Å²) in [6, 6.07) is 9.81. The molecule has 5 rings (SSSR count). The summed E-state index contributed by atoms with van der Waals surface area (Å²) in [5.74, 6) is 4.18. The van der Waals surface area contributed by atoms with Crippen molar-refractivity contribution in [3.8, 4) is 29.0 Å². The standard InChI is InChI=1S/C31H29F2N7O4/c1-31(2,39-15-13-35-14-16-39)11-9-22-25(10-12-36-27(22)34)44-26-8-5-20(17-24(26)33)38-28(41)23-18-37-30(43)40(29(23)42)21-6-3-19(32)4-7-21/h3-8,10,12,17-18,35H,13-16H2,1-2H3,(H2,34,36)(H,37,43)(H,38,41). The summed E-state index contributed by atoms with van der Waals surface area (Å²) in [5, 5.41) is 5.75. The van der Waals surface area contributed by atoms with E-state index < -0.39 is 39.9 Å². The molecule has 0 atom stereocenters. The normalized spacial score (nSPS) is 13.5. The Bertz CT molecular complexity index is 1890. The van der Waals surface area contributed by atoms with Crippen LogP contribution >= 0.6 is 0 Å². The van der Waals surface area contributed by atoms with Gasteiger partial charge in [-0.25, -0.2) is 23.1 Å². The van der Waals surface area contributed by atoms with Crippen molar-refractivity contribution in [1.82, 2.24) is 24.8 Å². The van der Waals surface area contributed by atoms with E-state index in [1.807, 2.05) is 13.8 Å². The third-order valence-electron chi connectivity index (χ3n) is 7.06. The maximum absolute atomic E-state index is 15.2. The molecule has 0 saturated carbocycles. The molecule has 5 N–H and O–H groups in total. The molecule has 0 bridgehead atoms. The first-order valence-electron chi connectivity index (χ1n) is 13.7. The van der Waals surface area contributed by atoms with Crippen molar-refractivity contribution >= 4 is 17.4 Å². The number of ether oxygens (including phenoxy) is 1. The van der Waals surface area contributed by atoms with Crippen LogP contribution in [0, 0.1) is 23.5 Å². The lowest BCUT2D eigenvalue weighted by Crippen LogP contribution is -2.52. The number of pyridine rings is 1. The number of benzene rings is 2. The molecule has 11 nitrogen and oxygen atoms in total. The molecule has 2 aromatic heterocycles. The Morgan fingerprint density at radius 1 is 1.07 bits per heavy atom. The number of amides is 1. The van der Waals surface area contributed by atoms with Crippen LogP contribution in [0.3, 0.4) is 0 Å². The molecule has 1 amide bonds. The molecule has 0 aliphatic carbocycles. The van der Waals surface area contributed by atoms with E-state index in [1.54, 1.807) is 0 Å². The molecule has 13 heteroatoms. The summed E-state index contributed by atoms with van der Waals surface area (Å²) < 4.78 is 35.0. The highest BCUT2D eigenvalue weighted by Gasteiger charge is 2.26. The van der Waals surface area contributed by atoms with Gasteiger partial charge in [0.25, 0.3) is 11.5 Å². The van der Waals surface area contributed by atoms with E-state index >= 15 is 4.39 Å². The molecule has 1 aliphatic rings. The quantitative estimate of drug-likeness (QED) is 0.247. The number of hydrogen-bond donors (Lipinski definition) is 4. The molecule has 0 unspecified atom stereocenters. The number of carbonyl (C=O) groups excluding carboxylic acids is 1. The number of rotatable bonds is 6. The van der Waals surface area contributed by atoms with Crippen molar-refractivity contribution < 1.29 is 18.3 Å². The topological polar surface area (TPSA) is 147 Å². The second-order valence-electron chi connectivity index (χ2n) is 10.4. The largest absolute Gasteiger partial charge is 0.453 e. The van der Waals surface area contributed by atoms with Crippen LogP contribution in [-0.2, 0) is 0 Å². The first-order chi connectivity index (χ1) is 21.0. The summed E-state index contributed by atoms with van der Waals surface area (Å²) in [4.78, 5) is 46.8. The minimum Gasteiger partial charge on any atom is -0.453 e. The minimum absolute atomic E-state index is 0.0193. The summed E-state index contributed by atoms with van der Waals surface area (Å²) in [7, 11) is 0. The predicted octanol–water partition coefficient (Wildman–Crippen LogP) is 2.86. The molecular formula is C31H29F2N7O4. The molecule has 0 radical (unpaired) electrons. The lowest BCUT2D eigenvalue weighted by molar-refractivity contribution is 0.102. The Kier molecular flexibility index (Phi) is 8.57. The number of carbonyl (C=O) groups is 1. The number of anilines is 2. The number of nitrogens with one attached hydrogen (secondary N) is 3. The van der Waals surface area contributed by atoms with Gasteiger partial charge in [0, 0.05) is 56.4 Å². The Labute approximate surface area is 250 Å². The minimum atomic E-state index is -0.942. The first kappa shape index (κ1) is 30.1. The zero-order valence-corrected chi connectivity index (χ0v) is 23.9. The SMILES string of the molecule is CC(C)(C#Cc1c(Oc2ccc(NC(=O)c3c[nH]c(=O)n(-c4ccc(F)cc4)c3=O)cc2F)ccnc1N)N1CCNCC1. The number of piperazine rings is 1. The number of aromatic amines is 1. The van der Waals surface area contributed by atoms with Gasteiger partial charge in [0.2, 0.25) is 0 Å². The number of halogens is 2. The fourth-order valence-electron chi connectivity index (χ4n) is 4.63. The molecule has 1 saturated heterocycles. The Morgan fingerprint density at radius 3 is 2.50 bits per heavy atom. The fourth-order valence-corrected chi connectivity index (χ4v) is 4.63. The van der Waals surface area contributed by atoms with Gasteiger partial charge in [-0.1, -0.05) is 11.8 Å². The van der Waals surface area contributed by atoms with Crippen molar-refractivity contribution in [3.05, 3.63) is 105 Å². The van der Waals surface area contributed by atoms with E-state index in [2.05, 4.69) is 37.3 Å². The van der Waals surface area contributed by atoms with E-state index in [-0.39, 0.29) is 28.7 Å². The van der Waals surface area contributed by atoms with Gasteiger partial charge < -0.3 is 26.1 Å². The molecule has 0 spiro atoms. The summed E-state index contributed by atoms with van der Waals surface area (Å²) in [5.41, 5.74) is 3.85. The average Bonchev–Trinajstić information content (AvgIpc) is 2.99. The van der Waals surface area contributed by atoms with Gasteiger partial charge in [0.05, 0.1) is 11.2 Å². The van der Waals surface area contributed by atoms with E-state index in [1.165, 1.54) is 36.5 Å². The summed E-state index contributed by atoms with van der Waals surface area (Å²) >= 11 is 0. The number of hydrogen-bond acceptors (Lipinski definition) is 8. The lowest BCUT2D eigenvalue weighted by Gasteiger charge is -2.37. The second kappa shape index (κ2) is 12.5. The van der Waals surface area contributed by atoms with E-state index in [4.69, 9.17) is 10.5 Å². The molecule has 1 fully saturated rings. The second-order valence-corrected chi connectivity index (χ2v) is 10.4. The maximum Gasteiger partial charge on any atom is 0.333 e. The Hall–Kier alpha value is -5.32. The van der Waals surface area contributed by atoms with E-state index in [0.717, 1.165) is 50.6 Å². The summed E-state index contributed by atoms with van der Waals surface area (Å²) in [6.45, 7) is 7.43. The van der Waals surface area contributed by atoms with Gasteiger partial charge in [-0.2, -0.15) is 0 Å². The van der Waals surface area contributed by atoms with Crippen molar-refractivity contribution in [2.75, 3.05) is 37.2 Å². The van der Waals surface area contributed by atoms with Gasteiger partial charge >= 0.3 is 5.69 Å². The number of H-pyrrole nitrogens is 1. The monoisotopic (exact) mass is 601 g/mol. The number of nitrogens with zero attached hydrogens (tertiary/aromatic N) is 3. The molecule has 3 heterocycles. The zero-order chi connectivity index (χ0) is 31.4. The van der Waals surface area contributed by atoms with Crippen LogP contribution in [0.1, 0.15) is 29.8 Å². The third kappa shape index (κ3) is 6.51. The number of aromatic nitrogens is 3. The van der Waals surface area contributed by atoms with E-state index in [9.17, 15) is 18.8 Å². The van der Waals surface area contributed by atoms with Gasteiger partial charge in [-0.3, -0.25) is 14.5 Å². The first-order valence-corrected chi connectivity index (χ1v) is 13.7. The van der Waals surface area contributed by atoms with Crippen LogP contribution in [0.4, 0.5) is 20.3 Å². The highest BCUT2D eigenvalue weighted by molar-refractivity contribution is 6.03. The van der Waals surface area contributed by atoms with Crippen LogP contribution in [0.5, 0.6) is 11.5 Å². The molecule has 2 aromatic carbocycles. The molecule has 44 heavy (non-hydrogen) atoms. The van der Waals surface area contributed by atoms with Crippen LogP contribution in [0.2, 0.25) is 0 Å². The van der Waals surface area contributed by atoms with Crippen LogP contribution in [0.15, 0.2) is 70.5 Å². The van der Waals surface area contributed by atoms with Crippen molar-refractivity contribution in [2.24, 2.45) is 0 Å². The van der Waals surface area contributed by atoms with Gasteiger partial charge in [-0.15, -0.1) is 0 Å². The lowest BCUT2D eigenvalue weighted by atomic mass is 10.0. The fraction of sp³-hybridized carbons (Fsp3) is 0.226. The Balaban J connectivity index is 1.35. The highest BCUT2D eigenvalue weighted by atomic mass is 19.1. The zero-order valence-electron chi connectivity index (χ0n) is 23.9. The number of nitrogens with two attached hydrogens (primary N) is 1. The highest BCUT2D eigenvalue weighted by Crippen LogP contribution is 2.31. The number of nitrogen functional groups attached to an aromatic ring is 1. The predicted molar refractivity (Wildman–Crippen MR) is 161 cm³/mol. The van der Waals surface area contributed by atoms with Gasteiger partial charge in [0.1, 0.15) is 28.5 Å². The van der Waals surface area contributed by atoms with Crippen LogP contribution in [0.25, 0.3) is 5.69 Å². The molecule has 4 aromatic rings. The van der Waals surface area contributed by atoms with Crippen LogP contribution < -0.4 is 32.4 Å². The van der Waals surface area contributed by atoms with Crippen molar-refractivity contribution in [2.45, 2.75) is 19.4 Å². The summed E-state index contributed by atoms with van der Waals surface area (Å²) in [6.07, 6.45) is 2.38. The van der Waals surface area contributed by atoms with Gasteiger partial charge in [-0.05, 0) is 50.2 Å². The van der Waals surface area contributed by atoms with Gasteiger partial charge in [0.15, 0.2) is 11.6 Å². The van der Waals surface area contributed by atoms with E-state index in [0.29, 0.717) is 10.1 Å². The molecule has 1 aliphatic heterocycles. The maximum atomic E-state index is 15.2.